The van der Waals surface area contributed by atoms with Crippen LogP contribution in [0, 0.1) is 0 Å². The Bertz CT molecular complexity index is 668. The number of carbonyl (C=O) groups excluding carboxylic acids is 2. The zero-order chi connectivity index (χ0) is 16.8. The van der Waals surface area contributed by atoms with E-state index in [1.807, 2.05) is 39.0 Å². The van der Waals surface area contributed by atoms with Crippen molar-refractivity contribution >= 4 is 33.6 Å². The first-order valence-electron chi connectivity index (χ1n) is 7.76. The van der Waals surface area contributed by atoms with Gasteiger partial charge in [-0.25, -0.2) is 4.79 Å². The number of nitrogens with one attached hydrogen (secondary N) is 1. The Hall–Kier alpha value is -1.56. The molecular formula is C17H21BrN2O3. The van der Waals surface area contributed by atoms with Crippen molar-refractivity contribution in [3.8, 4) is 0 Å². The van der Waals surface area contributed by atoms with E-state index in [2.05, 4.69) is 21.2 Å². The zero-order valence-electron chi connectivity index (χ0n) is 13.6. The van der Waals surface area contributed by atoms with Gasteiger partial charge >= 0.3 is 6.09 Å². The number of carbonyl (C=O) groups is 2. The number of amides is 2. The van der Waals surface area contributed by atoms with E-state index in [4.69, 9.17) is 4.74 Å². The van der Waals surface area contributed by atoms with Gasteiger partial charge in [0.05, 0.1) is 0 Å². The molecule has 1 aromatic carbocycles. The van der Waals surface area contributed by atoms with Gasteiger partial charge in [0, 0.05) is 35.1 Å². The molecule has 0 radical (unpaired) electrons. The standard InChI is InChI=1S/C17H21BrN2O3/c1-16(2,3)23-15(22)20-7-6-17(10-20)9-14(21)19-13-5-4-11(18)8-12(13)17/h4-5,8H,6-7,9-10H2,1-3H3,(H,19,21). The van der Waals surface area contributed by atoms with E-state index in [0.29, 0.717) is 19.5 Å². The number of hydrogen-bond acceptors (Lipinski definition) is 3. The summed E-state index contributed by atoms with van der Waals surface area (Å²) in [5.41, 5.74) is 1.10. The van der Waals surface area contributed by atoms with E-state index in [1.54, 1.807) is 4.90 Å². The number of likely N-dealkylation sites (tertiary alicyclic amines) is 1. The molecule has 3 rings (SSSR count). The molecule has 124 valence electrons. The van der Waals surface area contributed by atoms with Gasteiger partial charge in [-0.1, -0.05) is 15.9 Å². The predicted molar refractivity (Wildman–Crippen MR) is 91.5 cm³/mol. The lowest BCUT2D eigenvalue weighted by Crippen LogP contribution is -2.42. The fraction of sp³-hybridized carbons (Fsp3) is 0.529. The van der Waals surface area contributed by atoms with Gasteiger partial charge in [-0.2, -0.15) is 0 Å². The molecule has 1 atom stereocenters. The van der Waals surface area contributed by atoms with Crippen molar-refractivity contribution in [1.82, 2.24) is 4.90 Å². The molecule has 1 unspecified atom stereocenters. The fourth-order valence-electron chi connectivity index (χ4n) is 3.38. The Morgan fingerprint density at radius 3 is 2.83 bits per heavy atom. The third-order valence-corrected chi connectivity index (χ3v) is 4.82. The Kier molecular flexibility index (Phi) is 3.91. The molecule has 1 aromatic rings. The summed E-state index contributed by atoms with van der Waals surface area (Å²) >= 11 is 3.50. The summed E-state index contributed by atoms with van der Waals surface area (Å²) in [6.07, 6.45) is 0.857. The Morgan fingerprint density at radius 1 is 1.39 bits per heavy atom. The molecule has 5 nitrogen and oxygen atoms in total. The van der Waals surface area contributed by atoms with Gasteiger partial charge in [0.1, 0.15) is 5.60 Å². The van der Waals surface area contributed by atoms with Crippen molar-refractivity contribution in [2.45, 2.75) is 44.6 Å². The van der Waals surface area contributed by atoms with Gasteiger partial charge in [-0.3, -0.25) is 4.79 Å². The SMILES string of the molecule is CC(C)(C)OC(=O)N1CCC2(CC(=O)Nc3ccc(Br)cc32)C1. The molecule has 2 aliphatic heterocycles. The van der Waals surface area contributed by atoms with Gasteiger partial charge in [0.15, 0.2) is 0 Å². The molecule has 1 spiro atoms. The molecule has 2 amide bonds. The van der Waals surface area contributed by atoms with E-state index in [0.717, 1.165) is 22.1 Å². The monoisotopic (exact) mass is 380 g/mol. The second-order valence-electron chi connectivity index (χ2n) is 7.35. The molecule has 6 heteroatoms. The Morgan fingerprint density at radius 2 is 2.13 bits per heavy atom. The highest BCUT2D eigenvalue weighted by Gasteiger charge is 2.47. The van der Waals surface area contributed by atoms with Gasteiger partial charge in [-0.15, -0.1) is 0 Å². The van der Waals surface area contributed by atoms with Crippen LogP contribution in [0.3, 0.4) is 0 Å². The molecule has 0 bridgehead atoms. The maximum Gasteiger partial charge on any atom is 0.410 e. The predicted octanol–water partition coefficient (Wildman–Crippen LogP) is 3.67. The van der Waals surface area contributed by atoms with E-state index in [1.165, 1.54) is 0 Å². The molecule has 0 aromatic heterocycles. The normalized spacial score (nSPS) is 23.7. The van der Waals surface area contributed by atoms with Crippen molar-refractivity contribution in [3.05, 3.63) is 28.2 Å². The molecular weight excluding hydrogens is 360 g/mol. The highest BCUT2D eigenvalue weighted by Crippen LogP contribution is 2.45. The van der Waals surface area contributed by atoms with E-state index in [9.17, 15) is 9.59 Å². The topological polar surface area (TPSA) is 58.6 Å². The van der Waals surface area contributed by atoms with Crippen LogP contribution in [0.1, 0.15) is 39.2 Å². The van der Waals surface area contributed by atoms with Gasteiger partial charge < -0.3 is 15.0 Å². The average Bonchev–Trinajstić information content (AvgIpc) is 2.83. The maximum atomic E-state index is 12.3. The van der Waals surface area contributed by atoms with Crippen molar-refractivity contribution in [2.24, 2.45) is 0 Å². The number of benzene rings is 1. The van der Waals surface area contributed by atoms with Crippen LogP contribution in [0.4, 0.5) is 10.5 Å². The fourth-order valence-corrected chi connectivity index (χ4v) is 3.74. The summed E-state index contributed by atoms with van der Waals surface area (Å²) in [6.45, 7) is 6.69. The minimum atomic E-state index is -0.516. The number of fused-ring (bicyclic) bond motifs is 2. The molecule has 23 heavy (non-hydrogen) atoms. The van der Waals surface area contributed by atoms with E-state index in [-0.39, 0.29) is 17.4 Å². The summed E-state index contributed by atoms with van der Waals surface area (Å²) < 4.78 is 6.45. The zero-order valence-corrected chi connectivity index (χ0v) is 15.2. The van der Waals surface area contributed by atoms with E-state index >= 15 is 0 Å². The van der Waals surface area contributed by atoms with Crippen LogP contribution >= 0.6 is 15.9 Å². The van der Waals surface area contributed by atoms with Crippen LogP contribution in [0.15, 0.2) is 22.7 Å². The molecule has 2 heterocycles. The Balaban J connectivity index is 1.88. The molecule has 1 N–H and O–H groups in total. The first kappa shape index (κ1) is 16.3. The molecule has 0 aliphatic carbocycles. The number of nitrogens with zero attached hydrogens (tertiary/aromatic N) is 1. The quantitative estimate of drug-likeness (QED) is 0.746. The summed E-state index contributed by atoms with van der Waals surface area (Å²) in [4.78, 5) is 26.2. The van der Waals surface area contributed by atoms with Crippen LogP contribution in [0.2, 0.25) is 0 Å². The van der Waals surface area contributed by atoms with Crippen LogP contribution in [0.5, 0.6) is 0 Å². The number of halogens is 1. The number of rotatable bonds is 0. The molecule has 0 saturated carbocycles. The minimum absolute atomic E-state index is 0.00543. The van der Waals surface area contributed by atoms with Crippen molar-refractivity contribution in [3.63, 3.8) is 0 Å². The minimum Gasteiger partial charge on any atom is -0.444 e. The summed E-state index contributed by atoms with van der Waals surface area (Å²) in [5, 5.41) is 2.93. The van der Waals surface area contributed by atoms with Crippen LogP contribution in [-0.2, 0) is 14.9 Å². The van der Waals surface area contributed by atoms with Gasteiger partial charge in [-0.05, 0) is 51.0 Å². The number of hydrogen-bond donors (Lipinski definition) is 1. The highest BCUT2D eigenvalue weighted by atomic mass is 79.9. The van der Waals surface area contributed by atoms with Crippen molar-refractivity contribution in [1.29, 1.82) is 0 Å². The van der Waals surface area contributed by atoms with Crippen molar-refractivity contribution < 1.29 is 14.3 Å². The third kappa shape index (κ3) is 3.22. The maximum absolute atomic E-state index is 12.3. The molecule has 1 saturated heterocycles. The van der Waals surface area contributed by atoms with Crippen LogP contribution in [-0.4, -0.2) is 35.6 Å². The average molecular weight is 381 g/mol. The summed E-state index contributed by atoms with van der Waals surface area (Å²) in [7, 11) is 0. The lowest BCUT2D eigenvalue weighted by molar-refractivity contribution is -0.117. The largest absolute Gasteiger partial charge is 0.444 e. The van der Waals surface area contributed by atoms with Gasteiger partial charge in [0.2, 0.25) is 5.91 Å². The third-order valence-electron chi connectivity index (χ3n) is 4.33. The van der Waals surface area contributed by atoms with Gasteiger partial charge in [0.25, 0.3) is 0 Å². The lowest BCUT2D eigenvalue weighted by atomic mass is 9.74. The molecule has 1 fully saturated rings. The summed E-state index contributed by atoms with van der Waals surface area (Å²) in [6, 6.07) is 5.88. The first-order valence-corrected chi connectivity index (χ1v) is 8.56. The lowest BCUT2D eigenvalue weighted by Gasteiger charge is -2.35. The molecule has 2 aliphatic rings. The van der Waals surface area contributed by atoms with E-state index < -0.39 is 5.60 Å². The highest BCUT2D eigenvalue weighted by molar-refractivity contribution is 9.10. The number of anilines is 1. The Labute approximate surface area is 144 Å². The number of ether oxygens (including phenoxy) is 1. The smallest absolute Gasteiger partial charge is 0.410 e. The second-order valence-corrected chi connectivity index (χ2v) is 8.26. The van der Waals surface area contributed by atoms with Crippen LogP contribution < -0.4 is 5.32 Å². The van der Waals surface area contributed by atoms with Crippen molar-refractivity contribution in [2.75, 3.05) is 18.4 Å². The summed E-state index contributed by atoms with van der Waals surface area (Å²) in [5.74, 6) is 0.00543. The second kappa shape index (κ2) is 5.51. The first-order chi connectivity index (χ1) is 10.7. The van der Waals surface area contributed by atoms with Crippen LogP contribution in [0.25, 0.3) is 0 Å².